The van der Waals surface area contributed by atoms with E-state index in [1.807, 2.05) is 24.4 Å². The molecule has 0 aliphatic carbocycles. The third-order valence-corrected chi connectivity index (χ3v) is 3.59. The molecular weight excluding hydrogens is 274 g/mol. The number of nitrogens with two attached hydrogens (primary N) is 1. The highest BCUT2D eigenvalue weighted by Gasteiger charge is 2.18. The highest BCUT2D eigenvalue weighted by Crippen LogP contribution is 2.23. The summed E-state index contributed by atoms with van der Waals surface area (Å²) in [7, 11) is 1.72. The van der Waals surface area contributed by atoms with Gasteiger partial charge in [-0.3, -0.25) is 9.59 Å². The number of nitrogens with zero attached hydrogens (tertiary/aromatic N) is 1. The fraction of sp³-hybridized carbons (Fsp3) is 0.455. The molecule has 102 valence electrons. The van der Waals surface area contributed by atoms with E-state index in [1.165, 1.54) is 0 Å². The summed E-state index contributed by atoms with van der Waals surface area (Å²) in [6.45, 7) is 1.84. The van der Waals surface area contributed by atoms with Crippen molar-refractivity contribution in [2.24, 2.45) is 5.73 Å². The minimum Gasteiger partial charge on any atom is -0.346 e. The lowest BCUT2D eigenvalue weighted by atomic mass is 10.2. The van der Waals surface area contributed by atoms with Crippen molar-refractivity contribution in [2.75, 3.05) is 20.1 Å². The van der Waals surface area contributed by atoms with Gasteiger partial charge in [-0.15, -0.1) is 23.7 Å². The number of hydrogen-bond acceptors (Lipinski definition) is 4. The van der Waals surface area contributed by atoms with E-state index in [9.17, 15) is 9.59 Å². The van der Waals surface area contributed by atoms with Crippen LogP contribution < -0.4 is 11.1 Å². The molecule has 1 aromatic rings. The molecule has 0 fully saturated rings. The minimum absolute atomic E-state index is 0. The van der Waals surface area contributed by atoms with Crippen LogP contribution in [0.1, 0.15) is 17.8 Å². The Morgan fingerprint density at radius 1 is 1.56 bits per heavy atom. The van der Waals surface area contributed by atoms with Gasteiger partial charge in [-0.1, -0.05) is 6.07 Å². The molecule has 0 aromatic carbocycles. The van der Waals surface area contributed by atoms with E-state index in [4.69, 9.17) is 5.73 Å². The molecule has 1 unspecified atom stereocenters. The second kappa shape index (κ2) is 8.07. The highest BCUT2D eigenvalue weighted by molar-refractivity contribution is 7.10. The third-order valence-electron chi connectivity index (χ3n) is 2.55. The van der Waals surface area contributed by atoms with E-state index in [0.29, 0.717) is 0 Å². The maximum atomic E-state index is 11.8. The smallest absolute Gasteiger partial charge is 0.242 e. The van der Waals surface area contributed by atoms with Crippen LogP contribution in [0.5, 0.6) is 0 Å². The van der Waals surface area contributed by atoms with Crippen molar-refractivity contribution in [3.05, 3.63) is 22.4 Å². The minimum atomic E-state index is -0.324. The van der Waals surface area contributed by atoms with Gasteiger partial charge in [-0.05, 0) is 18.4 Å². The van der Waals surface area contributed by atoms with E-state index in [1.54, 1.807) is 23.3 Å². The summed E-state index contributed by atoms with van der Waals surface area (Å²) < 4.78 is 0. The van der Waals surface area contributed by atoms with Crippen molar-refractivity contribution in [1.82, 2.24) is 10.2 Å². The topological polar surface area (TPSA) is 75.4 Å². The molecule has 1 aromatic heterocycles. The quantitative estimate of drug-likeness (QED) is 0.841. The highest BCUT2D eigenvalue weighted by atomic mass is 35.5. The second-order valence-electron chi connectivity index (χ2n) is 3.68. The standard InChI is InChI=1S/C11H17N3O2S.ClH/c1-8(9-4-3-5-17-9)14(2)11(16)7-13-10(15)6-12;/h3-5,8H,6-7,12H2,1-2H3,(H,13,15);1H. The van der Waals surface area contributed by atoms with Crippen molar-refractivity contribution >= 4 is 35.6 Å². The van der Waals surface area contributed by atoms with Crippen LogP contribution in [0, 0.1) is 0 Å². The molecular formula is C11H18ClN3O2S. The number of hydrogen-bond donors (Lipinski definition) is 2. The molecule has 1 atom stereocenters. The number of halogens is 1. The van der Waals surface area contributed by atoms with Crippen molar-refractivity contribution in [3.8, 4) is 0 Å². The molecule has 0 bridgehead atoms. The van der Waals surface area contributed by atoms with Crippen LogP contribution in [0.2, 0.25) is 0 Å². The van der Waals surface area contributed by atoms with Gasteiger partial charge in [-0.2, -0.15) is 0 Å². The van der Waals surface area contributed by atoms with Crippen molar-refractivity contribution in [1.29, 1.82) is 0 Å². The summed E-state index contributed by atoms with van der Waals surface area (Å²) in [4.78, 5) is 25.4. The van der Waals surface area contributed by atoms with E-state index >= 15 is 0 Å². The Bertz CT molecular complexity index is 384. The Labute approximate surface area is 117 Å². The van der Waals surface area contributed by atoms with Gasteiger partial charge >= 0.3 is 0 Å². The molecule has 18 heavy (non-hydrogen) atoms. The average molecular weight is 292 g/mol. The SMILES string of the molecule is CC(c1cccs1)N(C)C(=O)CNC(=O)CN.Cl. The largest absolute Gasteiger partial charge is 0.346 e. The van der Waals surface area contributed by atoms with E-state index < -0.39 is 0 Å². The number of carbonyl (C=O) groups is 2. The Balaban J connectivity index is 0.00000289. The molecule has 0 saturated heterocycles. The van der Waals surface area contributed by atoms with Crippen LogP contribution in [0.4, 0.5) is 0 Å². The zero-order valence-electron chi connectivity index (χ0n) is 10.4. The van der Waals surface area contributed by atoms with Gasteiger partial charge in [0.25, 0.3) is 0 Å². The number of amides is 2. The zero-order valence-corrected chi connectivity index (χ0v) is 12.0. The molecule has 2 amide bonds. The molecule has 1 rings (SSSR count). The van der Waals surface area contributed by atoms with Gasteiger partial charge < -0.3 is 16.0 Å². The summed E-state index contributed by atoms with van der Waals surface area (Å²) in [5.74, 6) is -0.455. The molecule has 0 aliphatic heterocycles. The lowest BCUT2D eigenvalue weighted by Gasteiger charge is -2.24. The predicted octanol–water partition coefficient (Wildman–Crippen LogP) is 0.764. The van der Waals surface area contributed by atoms with Crippen molar-refractivity contribution in [2.45, 2.75) is 13.0 Å². The van der Waals surface area contributed by atoms with Crippen LogP contribution in [-0.2, 0) is 9.59 Å². The van der Waals surface area contributed by atoms with Crippen LogP contribution in [0.25, 0.3) is 0 Å². The van der Waals surface area contributed by atoms with Gasteiger partial charge in [0.1, 0.15) is 0 Å². The molecule has 0 saturated carbocycles. The fourth-order valence-electron chi connectivity index (χ4n) is 1.31. The second-order valence-corrected chi connectivity index (χ2v) is 4.66. The van der Waals surface area contributed by atoms with Gasteiger partial charge in [-0.25, -0.2) is 0 Å². The molecule has 0 radical (unpaired) electrons. The first kappa shape index (κ1) is 16.9. The number of likely N-dealkylation sites (N-methyl/N-ethyl adjacent to an activating group) is 1. The van der Waals surface area contributed by atoms with Crippen LogP contribution in [0.3, 0.4) is 0 Å². The number of thiophene rings is 1. The summed E-state index contributed by atoms with van der Waals surface area (Å²) in [6.07, 6.45) is 0. The van der Waals surface area contributed by atoms with Crippen molar-refractivity contribution in [3.63, 3.8) is 0 Å². The normalized spacial score (nSPS) is 11.3. The number of carbonyl (C=O) groups excluding carboxylic acids is 2. The van der Waals surface area contributed by atoms with Crippen LogP contribution in [-0.4, -0.2) is 36.9 Å². The van der Waals surface area contributed by atoms with Gasteiger partial charge in [0, 0.05) is 11.9 Å². The first-order valence-electron chi connectivity index (χ1n) is 5.32. The predicted molar refractivity (Wildman–Crippen MR) is 74.8 cm³/mol. The monoisotopic (exact) mass is 291 g/mol. The number of rotatable bonds is 5. The Morgan fingerprint density at radius 3 is 2.72 bits per heavy atom. The summed E-state index contributed by atoms with van der Waals surface area (Å²) in [5.41, 5.74) is 5.14. The van der Waals surface area contributed by atoms with Crippen molar-refractivity contribution < 1.29 is 9.59 Å². The summed E-state index contributed by atoms with van der Waals surface area (Å²) >= 11 is 1.60. The Morgan fingerprint density at radius 2 is 2.22 bits per heavy atom. The molecule has 0 aliphatic rings. The third kappa shape index (κ3) is 4.64. The lowest BCUT2D eigenvalue weighted by molar-refractivity contribution is -0.133. The molecule has 0 spiro atoms. The van der Waals surface area contributed by atoms with E-state index in [-0.39, 0.29) is 43.4 Å². The average Bonchev–Trinajstić information content (AvgIpc) is 2.87. The van der Waals surface area contributed by atoms with E-state index in [2.05, 4.69) is 5.32 Å². The zero-order chi connectivity index (χ0) is 12.8. The number of nitrogens with one attached hydrogen (secondary N) is 1. The maximum Gasteiger partial charge on any atom is 0.242 e. The van der Waals surface area contributed by atoms with Gasteiger partial charge in [0.05, 0.1) is 19.1 Å². The van der Waals surface area contributed by atoms with Gasteiger partial charge in [0.15, 0.2) is 0 Å². The summed E-state index contributed by atoms with van der Waals surface area (Å²) in [6, 6.07) is 3.94. The van der Waals surface area contributed by atoms with Crippen LogP contribution in [0.15, 0.2) is 17.5 Å². The summed E-state index contributed by atoms with van der Waals surface area (Å²) in [5, 5.41) is 4.43. The maximum absolute atomic E-state index is 11.8. The molecule has 3 N–H and O–H groups in total. The van der Waals surface area contributed by atoms with Crippen LogP contribution >= 0.6 is 23.7 Å². The van der Waals surface area contributed by atoms with E-state index in [0.717, 1.165) is 4.88 Å². The molecule has 7 heteroatoms. The molecule has 5 nitrogen and oxygen atoms in total. The van der Waals surface area contributed by atoms with Gasteiger partial charge in [0.2, 0.25) is 11.8 Å². The fourth-order valence-corrected chi connectivity index (χ4v) is 2.13. The Hall–Kier alpha value is -1.11. The Kier molecular flexibility index (Phi) is 7.58. The lowest BCUT2D eigenvalue weighted by Crippen LogP contribution is -2.41. The first-order valence-corrected chi connectivity index (χ1v) is 6.20. The first-order chi connectivity index (χ1) is 8.06. The molecule has 1 heterocycles.